The van der Waals surface area contributed by atoms with E-state index in [1.807, 2.05) is 31.2 Å². The second kappa shape index (κ2) is 6.75. The topological polar surface area (TPSA) is 47.6 Å². The first kappa shape index (κ1) is 15.0. The number of hydrogen-bond donors (Lipinski definition) is 1. The Bertz CT molecular complexity index is 394. The Morgan fingerprint density at radius 1 is 1.39 bits per heavy atom. The van der Waals surface area contributed by atoms with Crippen LogP contribution in [0.15, 0.2) is 28.7 Å². The van der Waals surface area contributed by atoms with Crippen LogP contribution in [0, 0.1) is 0 Å². The number of carbonyl (C=O) groups is 1. The van der Waals surface area contributed by atoms with E-state index in [4.69, 9.17) is 9.47 Å². The van der Waals surface area contributed by atoms with E-state index < -0.39 is 5.54 Å². The van der Waals surface area contributed by atoms with E-state index in [9.17, 15) is 4.79 Å². The third-order valence-corrected chi connectivity index (χ3v) is 3.02. The molecule has 0 saturated carbocycles. The van der Waals surface area contributed by atoms with Gasteiger partial charge in [0, 0.05) is 16.8 Å². The molecule has 0 radical (unpaired) electrons. The van der Waals surface area contributed by atoms with Gasteiger partial charge in [-0.3, -0.25) is 0 Å². The maximum Gasteiger partial charge on any atom is 0.333 e. The highest BCUT2D eigenvalue weighted by Crippen LogP contribution is 2.20. The third kappa shape index (κ3) is 3.99. The molecule has 0 spiro atoms. The molecule has 0 aromatic heterocycles. The number of carbonyl (C=O) groups excluding carboxylic acids is 1. The van der Waals surface area contributed by atoms with Gasteiger partial charge in [0.25, 0.3) is 0 Å². The Balaban J connectivity index is 2.83. The minimum absolute atomic E-state index is 0.256. The summed E-state index contributed by atoms with van der Waals surface area (Å²) in [7, 11) is 1.37. The van der Waals surface area contributed by atoms with Crippen LogP contribution in [-0.4, -0.2) is 31.8 Å². The van der Waals surface area contributed by atoms with Gasteiger partial charge in [-0.05, 0) is 38.1 Å². The SMILES string of the molecule is CCOCC(C)(Nc1ccc(Br)cc1)C(=O)OC. The molecule has 0 heterocycles. The molecule has 18 heavy (non-hydrogen) atoms. The van der Waals surface area contributed by atoms with Crippen LogP contribution in [0.2, 0.25) is 0 Å². The first-order valence-corrected chi connectivity index (χ1v) is 6.51. The minimum Gasteiger partial charge on any atom is -0.467 e. The first-order chi connectivity index (χ1) is 8.51. The van der Waals surface area contributed by atoms with E-state index in [-0.39, 0.29) is 12.6 Å². The molecule has 5 heteroatoms. The van der Waals surface area contributed by atoms with Gasteiger partial charge >= 0.3 is 5.97 Å². The number of hydrogen-bond acceptors (Lipinski definition) is 4. The molecule has 0 saturated heterocycles. The molecular weight excluding hydrogens is 298 g/mol. The predicted molar refractivity (Wildman–Crippen MR) is 74.7 cm³/mol. The van der Waals surface area contributed by atoms with Crippen LogP contribution in [0.3, 0.4) is 0 Å². The fraction of sp³-hybridized carbons (Fsp3) is 0.462. The molecule has 0 bridgehead atoms. The summed E-state index contributed by atoms with van der Waals surface area (Å²) in [4.78, 5) is 11.8. The summed E-state index contributed by atoms with van der Waals surface area (Å²) >= 11 is 3.37. The van der Waals surface area contributed by atoms with Crippen LogP contribution in [0.25, 0.3) is 0 Å². The van der Waals surface area contributed by atoms with E-state index >= 15 is 0 Å². The molecule has 1 rings (SSSR count). The maximum atomic E-state index is 11.8. The Labute approximate surface area is 116 Å². The number of methoxy groups -OCH3 is 1. The molecule has 4 nitrogen and oxygen atoms in total. The maximum absolute atomic E-state index is 11.8. The van der Waals surface area contributed by atoms with Crippen LogP contribution in [0.4, 0.5) is 5.69 Å². The monoisotopic (exact) mass is 315 g/mol. The molecule has 0 aliphatic heterocycles. The van der Waals surface area contributed by atoms with Crippen LogP contribution in [-0.2, 0) is 14.3 Å². The Morgan fingerprint density at radius 2 is 2.00 bits per heavy atom. The molecule has 0 amide bonds. The highest BCUT2D eigenvalue weighted by molar-refractivity contribution is 9.10. The Morgan fingerprint density at radius 3 is 2.50 bits per heavy atom. The van der Waals surface area contributed by atoms with Crippen molar-refractivity contribution in [3.63, 3.8) is 0 Å². The van der Waals surface area contributed by atoms with Crippen molar-refractivity contribution < 1.29 is 14.3 Å². The van der Waals surface area contributed by atoms with Gasteiger partial charge < -0.3 is 14.8 Å². The van der Waals surface area contributed by atoms with Crippen molar-refractivity contribution in [2.24, 2.45) is 0 Å². The van der Waals surface area contributed by atoms with Crippen molar-refractivity contribution >= 4 is 27.6 Å². The van der Waals surface area contributed by atoms with Crippen molar-refractivity contribution in [3.05, 3.63) is 28.7 Å². The zero-order chi connectivity index (χ0) is 13.6. The van der Waals surface area contributed by atoms with Crippen molar-refractivity contribution in [3.8, 4) is 0 Å². The number of nitrogens with one attached hydrogen (secondary N) is 1. The van der Waals surface area contributed by atoms with Gasteiger partial charge in [-0.2, -0.15) is 0 Å². The zero-order valence-corrected chi connectivity index (χ0v) is 12.4. The number of anilines is 1. The molecule has 1 N–H and O–H groups in total. The molecule has 1 unspecified atom stereocenters. The lowest BCUT2D eigenvalue weighted by atomic mass is 10.0. The largest absolute Gasteiger partial charge is 0.467 e. The van der Waals surface area contributed by atoms with E-state index in [0.717, 1.165) is 10.2 Å². The van der Waals surface area contributed by atoms with Crippen LogP contribution in [0.1, 0.15) is 13.8 Å². The van der Waals surface area contributed by atoms with E-state index in [0.29, 0.717) is 6.61 Å². The number of rotatable bonds is 6. The molecular formula is C13H18BrNO3. The zero-order valence-electron chi connectivity index (χ0n) is 10.8. The molecule has 1 atom stereocenters. The van der Waals surface area contributed by atoms with Gasteiger partial charge in [0.2, 0.25) is 0 Å². The van der Waals surface area contributed by atoms with Crippen molar-refractivity contribution in [2.75, 3.05) is 25.6 Å². The quantitative estimate of drug-likeness (QED) is 0.820. The van der Waals surface area contributed by atoms with Crippen molar-refractivity contribution in [1.82, 2.24) is 0 Å². The summed E-state index contributed by atoms with van der Waals surface area (Å²) in [5, 5.41) is 3.15. The molecule has 0 aliphatic rings. The minimum atomic E-state index is -0.890. The first-order valence-electron chi connectivity index (χ1n) is 5.71. The lowest BCUT2D eigenvalue weighted by molar-refractivity contribution is -0.147. The second-order valence-electron chi connectivity index (χ2n) is 4.09. The van der Waals surface area contributed by atoms with Gasteiger partial charge in [-0.25, -0.2) is 4.79 Å². The predicted octanol–water partition coefficient (Wildman–Crippen LogP) is 2.83. The van der Waals surface area contributed by atoms with Gasteiger partial charge in [0.05, 0.1) is 13.7 Å². The molecule has 0 fully saturated rings. The summed E-state index contributed by atoms with van der Waals surface area (Å²) in [6.45, 7) is 4.45. The number of benzene rings is 1. The highest BCUT2D eigenvalue weighted by Gasteiger charge is 2.34. The number of halogens is 1. The van der Waals surface area contributed by atoms with E-state index in [1.165, 1.54) is 7.11 Å². The summed E-state index contributed by atoms with van der Waals surface area (Å²) in [6, 6.07) is 7.58. The molecule has 0 aliphatic carbocycles. The Kier molecular flexibility index (Phi) is 5.62. The van der Waals surface area contributed by atoms with Crippen LogP contribution < -0.4 is 5.32 Å². The van der Waals surface area contributed by atoms with E-state index in [2.05, 4.69) is 21.2 Å². The van der Waals surface area contributed by atoms with Gasteiger partial charge in [0.15, 0.2) is 5.54 Å². The number of esters is 1. The van der Waals surface area contributed by atoms with Crippen LogP contribution in [0.5, 0.6) is 0 Å². The summed E-state index contributed by atoms with van der Waals surface area (Å²) in [5.41, 5.74) is -0.0516. The smallest absolute Gasteiger partial charge is 0.333 e. The third-order valence-electron chi connectivity index (χ3n) is 2.50. The fourth-order valence-corrected chi connectivity index (χ4v) is 1.79. The molecule has 1 aromatic rings. The standard InChI is InChI=1S/C13H18BrNO3/c1-4-18-9-13(2,12(16)17-3)15-11-7-5-10(14)6-8-11/h5-8,15H,4,9H2,1-3H3. The average molecular weight is 316 g/mol. The van der Waals surface area contributed by atoms with Crippen molar-refractivity contribution in [1.29, 1.82) is 0 Å². The molecule has 100 valence electrons. The van der Waals surface area contributed by atoms with E-state index in [1.54, 1.807) is 6.92 Å². The average Bonchev–Trinajstić information content (AvgIpc) is 2.38. The molecule has 1 aromatic carbocycles. The Hall–Kier alpha value is -1.07. The van der Waals surface area contributed by atoms with Gasteiger partial charge in [-0.15, -0.1) is 0 Å². The van der Waals surface area contributed by atoms with Crippen molar-refractivity contribution in [2.45, 2.75) is 19.4 Å². The number of ether oxygens (including phenoxy) is 2. The fourth-order valence-electron chi connectivity index (χ4n) is 1.53. The van der Waals surface area contributed by atoms with Gasteiger partial charge in [-0.1, -0.05) is 15.9 Å². The van der Waals surface area contributed by atoms with Crippen LogP contribution >= 0.6 is 15.9 Å². The lowest BCUT2D eigenvalue weighted by Crippen LogP contribution is -2.48. The normalized spacial score (nSPS) is 13.8. The summed E-state index contributed by atoms with van der Waals surface area (Å²) in [5.74, 6) is -0.348. The summed E-state index contributed by atoms with van der Waals surface area (Å²) in [6.07, 6.45) is 0. The lowest BCUT2D eigenvalue weighted by Gasteiger charge is -2.28. The van der Waals surface area contributed by atoms with Gasteiger partial charge in [0.1, 0.15) is 0 Å². The second-order valence-corrected chi connectivity index (χ2v) is 5.01. The highest BCUT2D eigenvalue weighted by atomic mass is 79.9. The summed E-state index contributed by atoms with van der Waals surface area (Å²) < 4.78 is 11.1.